The summed E-state index contributed by atoms with van der Waals surface area (Å²) in [6.07, 6.45) is 7.98. The number of sulfonamides is 2. The molecule has 21 heteroatoms. The van der Waals surface area contributed by atoms with Crippen molar-refractivity contribution >= 4 is 111 Å². The summed E-state index contributed by atoms with van der Waals surface area (Å²) < 4.78 is 71.8. The number of hydrogen-bond acceptors (Lipinski definition) is 13. The molecule has 2 atom stereocenters. The molecule has 2 heterocycles. The summed E-state index contributed by atoms with van der Waals surface area (Å²) in [6, 6.07) is 55.9. The van der Waals surface area contributed by atoms with Gasteiger partial charge in [0.15, 0.2) is 11.5 Å². The number of anilines is 2. The Balaban J connectivity index is 0.000000648. The summed E-state index contributed by atoms with van der Waals surface area (Å²) >= 11 is 3.39. The number of nitriles is 1. The zero-order valence-corrected chi connectivity index (χ0v) is 58.7. The summed E-state index contributed by atoms with van der Waals surface area (Å²) in [6.45, 7) is 11.5. The van der Waals surface area contributed by atoms with Gasteiger partial charge < -0.3 is 34.2 Å². The number of benzene rings is 6. The van der Waals surface area contributed by atoms with Crippen molar-refractivity contribution in [2.75, 3.05) is 72.3 Å². The first-order valence-electron chi connectivity index (χ1n) is 26.7. The number of carbonyl (C=O) groups is 2. The first-order valence-corrected chi connectivity index (χ1v) is 31.6. The van der Waals surface area contributed by atoms with E-state index in [1.807, 2.05) is 124 Å². The molecule has 83 heavy (non-hydrogen) atoms. The van der Waals surface area contributed by atoms with Crippen molar-refractivity contribution in [1.29, 1.82) is 5.26 Å². The van der Waals surface area contributed by atoms with Gasteiger partial charge >= 0.3 is 57.5 Å². The Labute approximate surface area is 588 Å². The summed E-state index contributed by atoms with van der Waals surface area (Å²) in [5, 5.41) is 16.8. The number of piperidine rings is 2. The molecule has 439 valence electrons. The maximum atomic E-state index is 12.9. The number of aryl methyl sites for hydroxylation is 1. The molecule has 0 saturated carbocycles. The SMILES string of the molecule is BrCCc1ccccc1.CC#N.CC(C)(C)OC(=O)N1CCCC(CN(c2ccccc2Oc2ccccc2)S(C)(=O)=O)C1.CS(=O)(=O)N(CC1CCCN(CCc2ccccc2)C1)c1ccccc1Oc1ccccc1.O=CO[O-].[2HH].[K+].[K]. The Bertz CT molecular complexity index is 3050. The molecule has 2 aliphatic heterocycles. The van der Waals surface area contributed by atoms with Crippen LogP contribution in [0.4, 0.5) is 16.2 Å². The number of hydrogen-bond donors (Lipinski definition) is 0. The number of carbonyl (C=O) groups excluding carboxylic acids is 2. The van der Waals surface area contributed by atoms with E-state index in [0.717, 1.165) is 63.5 Å². The molecule has 0 bridgehead atoms. The quantitative estimate of drug-likeness (QED) is 0.0261. The van der Waals surface area contributed by atoms with Crippen molar-refractivity contribution in [3.63, 3.8) is 0 Å². The van der Waals surface area contributed by atoms with Crippen molar-refractivity contribution in [3.05, 3.63) is 181 Å². The molecule has 0 N–H and O–H groups in total. The second-order valence-electron chi connectivity index (χ2n) is 20.2. The van der Waals surface area contributed by atoms with Gasteiger partial charge in [-0.05, 0) is 137 Å². The molecular formula is C62H79BrK2N5O11S2. The zero-order valence-electron chi connectivity index (χ0n) is 49.2. The van der Waals surface area contributed by atoms with E-state index >= 15 is 0 Å². The number of para-hydroxylation sites is 6. The van der Waals surface area contributed by atoms with Crippen LogP contribution < -0.4 is 74.7 Å². The summed E-state index contributed by atoms with van der Waals surface area (Å²) in [5.41, 5.74) is 3.23. The summed E-state index contributed by atoms with van der Waals surface area (Å²) in [7, 11) is -7.05. The fourth-order valence-corrected chi connectivity index (χ4v) is 11.4. The van der Waals surface area contributed by atoms with Crippen LogP contribution >= 0.6 is 15.9 Å². The van der Waals surface area contributed by atoms with Gasteiger partial charge in [0.2, 0.25) is 20.0 Å². The van der Waals surface area contributed by atoms with Gasteiger partial charge in [-0.15, -0.1) is 0 Å². The van der Waals surface area contributed by atoms with Gasteiger partial charge in [-0.1, -0.05) is 137 Å². The van der Waals surface area contributed by atoms with Crippen LogP contribution in [0, 0.1) is 23.2 Å². The fourth-order valence-electron chi connectivity index (χ4n) is 8.92. The molecule has 0 aliphatic carbocycles. The van der Waals surface area contributed by atoms with Crippen molar-refractivity contribution in [2.24, 2.45) is 11.8 Å². The Kier molecular flexibility index (Phi) is 36.9. The van der Waals surface area contributed by atoms with Gasteiger partial charge in [-0.3, -0.25) is 13.4 Å². The Hall–Kier alpha value is -3.68. The maximum Gasteiger partial charge on any atom is 1.00 e. The minimum Gasteiger partial charge on any atom is -0.662 e. The zero-order chi connectivity index (χ0) is 59.1. The maximum absolute atomic E-state index is 12.9. The van der Waals surface area contributed by atoms with Crippen LogP contribution in [0.25, 0.3) is 0 Å². The molecule has 0 spiro atoms. The first-order chi connectivity index (χ1) is 38.8. The van der Waals surface area contributed by atoms with Gasteiger partial charge in [0.1, 0.15) is 17.1 Å². The number of halogens is 1. The first kappa shape index (κ1) is 75.4. The largest absolute Gasteiger partial charge is 1.00 e. The van der Waals surface area contributed by atoms with Crippen LogP contribution in [-0.4, -0.2) is 160 Å². The monoisotopic (exact) mass is 1290 g/mol. The van der Waals surface area contributed by atoms with Gasteiger partial charge in [-0.2, -0.15) is 5.26 Å². The third-order valence-corrected chi connectivity index (χ3v) is 15.1. The van der Waals surface area contributed by atoms with E-state index in [4.69, 9.17) is 29.5 Å². The predicted octanol–water partition coefficient (Wildman–Crippen LogP) is 8.55. The molecule has 6 aromatic carbocycles. The van der Waals surface area contributed by atoms with Crippen LogP contribution in [0.15, 0.2) is 170 Å². The molecule has 2 saturated heterocycles. The number of ether oxygens (including phenoxy) is 3. The van der Waals surface area contributed by atoms with Crippen LogP contribution in [0.5, 0.6) is 23.0 Å². The Morgan fingerprint density at radius 2 is 1.05 bits per heavy atom. The second-order valence-corrected chi connectivity index (χ2v) is 24.8. The van der Waals surface area contributed by atoms with E-state index in [0.29, 0.717) is 54.0 Å². The normalized spacial score (nSPS) is 14.7. The molecule has 2 unspecified atom stereocenters. The third kappa shape index (κ3) is 29.5. The molecule has 0 aromatic heterocycles. The van der Waals surface area contributed by atoms with E-state index in [1.165, 1.54) is 39.2 Å². The minimum absolute atomic E-state index is 0. The Morgan fingerprint density at radius 1 is 0.675 bits per heavy atom. The van der Waals surface area contributed by atoms with E-state index in [9.17, 15) is 21.6 Å². The number of rotatable bonds is 18. The number of amides is 1. The third-order valence-electron chi connectivity index (χ3n) is 12.5. The molecule has 1 amide bonds. The van der Waals surface area contributed by atoms with Crippen molar-refractivity contribution in [3.8, 4) is 29.1 Å². The average Bonchev–Trinajstić information content (AvgIpc) is 3.54. The average molecular weight is 1290 g/mol. The number of nitrogens with zero attached hydrogens (tertiary/aromatic N) is 5. The standard InChI is InChI=1S/C27H32N2O3S.C24H32N2O5S.C8H9Br.C2H3N.CH2O3.2K.H2/c1-33(30,31)29(26-16-8-9-17-27(26)32-25-14-6-3-7-15-25)22-24-13-10-19-28(21-24)20-18-23-11-4-2-5-12-23;1-24(2,3)31-23(27)25-16-10-11-19(17-25)18-26(32(4,28)29)21-14-8-9-15-22(21)30-20-12-6-5-7-13-20;9-7-6-8-4-2-1-3-5-8;1-2-3;2-1-4-3;;;/h2-9,11-12,14-17,24H,10,13,18-22H2,1H3;5-9,12-15,19H,10-11,16-18H2,1-4H3;1-5H,6-7H2;1H3;1,3H;;;1H/q;;;;;;+1;/p-1/i;;;;;;;1+1. The molecule has 8 rings (SSSR count). The van der Waals surface area contributed by atoms with E-state index in [-0.39, 0.29) is 135 Å². The fraction of sp³-hybridized carbons (Fsp3) is 0.371. The van der Waals surface area contributed by atoms with Gasteiger partial charge in [0, 0.05) is 104 Å². The van der Waals surface area contributed by atoms with Crippen molar-refractivity contribution < 1.29 is 104 Å². The molecule has 1 radical (unpaired) electrons. The molecule has 2 fully saturated rings. The molecule has 16 nitrogen and oxygen atoms in total. The van der Waals surface area contributed by atoms with Crippen molar-refractivity contribution in [1.82, 2.24) is 9.80 Å². The van der Waals surface area contributed by atoms with Gasteiger partial charge in [-0.25, -0.2) is 21.6 Å². The topological polar surface area (TPSA) is 199 Å². The van der Waals surface area contributed by atoms with E-state index < -0.39 is 25.6 Å². The minimum atomic E-state index is -3.58. The number of alkyl halides is 1. The van der Waals surface area contributed by atoms with Crippen LogP contribution in [0.2, 0.25) is 0 Å². The summed E-state index contributed by atoms with van der Waals surface area (Å²) in [4.78, 5) is 27.9. The van der Waals surface area contributed by atoms with Crippen LogP contribution in [-0.2, 0) is 47.3 Å². The second kappa shape index (κ2) is 40.7. The molecule has 2 aliphatic rings. The van der Waals surface area contributed by atoms with Gasteiger partial charge in [0.25, 0.3) is 6.47 Å². The van der Waals surface area contributed by atoms with Crippen LogP contribution in [0.1, 0.15) is 65.9 Å². The van der Waals surface area contributed by atoms with Crippen LogP contribution in [0.3, 0.4) is 0 Å². The Morgan fingerprint density at radius 3 is 1.45 bits per heavy atom. The van der Waals surface area contributed by atoms with Crippen molar-refractivity contribution in [2.45, 2.75) is 71.8 Å². The van der Waals surface area contributed by atoms with Gasteiger partial charge in [0.05, 0.1) is 30.0 Å². The molecule has 6 aromatic rings. The smallest absolute Gasteiger partial charge is 0.662 e. The summed E-state index contributed by atoms with van der Waals surface area (Å²) in [5.74, 6) is 2.57. The predicted molar refractivity (Wildman–Crippen MR) is 330 cm³/mol. The van der Waals surface area contributed by atoms with E-state index in [1.54, 1.807) is 29.2 Å². The molecular weight excluding hydrogens is 1210 g/mol. The number of likely N-dealkylation sites (tertiary alicyclic amines) is 2. The van der Waals surface area contributed by atoms with E-state index in [2.05, 4.69) is 74.2 Å².